The molecule has 3 atom stereocenters. The Morgan fingerprint density at radius 2 is 2.50 bits per heavy atom. The van der Waals surface area contributed by atoms with E-state index in [1.807, 2.05) is 0 Å². The standard InChI is InChI=1S/C7H9Br2NO2/c8-2-4(9)5-3-10-6(11)1-7(10)12-5/h4-5,7H,1-3H2. The normalized spacial score (nSPS) is 36.2. The Balaban J connectivity index is 1.94. The first-order valence-electron chi connectivity index (χ1n) is 3.87. The second kappa shape index (κ2) is 3.27. The number of halogens is 2. The van der Waals surface area contributed by atoms with Gasteiger partial charge in [-0.15, -0.1) is 0 Å². The van der Waals surface area contributed by atoms with E-state index < -0.39 is 0 Å². The van der Waals surface area contributed by atoms with E-state index in [1.54, 1.807) is 4.90 Å². The molecule has 2 rings (SSSR count). The largest absolute Gasteiger partial charge is 0.351 e. The van der Waals surface area contributed by atoms with E-state index in [2.05, 4.69) is 31.9 Å². The van der Waals surface area contributed by atoms with Crippen molar-refractivity contribution in [2.45, 2.75) is 23.6 Å². The lowest BCUT2D eigenvalue weighted by atomic mass is 10.2. The van der Waals surface area contributed by atoms with E-state index >= 15 is 0 Å². The first kappa shape index (κ1) is 8.97. The molecule has 2 aliphatic rings. The molecule has 2 fully saturated rings. The fourth-order valence-electron chi connectivity index (χ4n) is 1.50. The Morgan fingerprint density at radius 1 is 1.75 bits per heavy atom. The summed E-state index contributed by atoms with van der Waals surface area (Å²) in [4.78, 5) is 13.1. The number of nitrogens with zero attached hydrogens (tertiary/aromatic N) is 1. The average molecular weight is 299 g/mol. The van der Waals surface area contributed by atoms with Crippen LogP contribution < -0.4 is 0 Å². The van der Waals surface area contributed by atoms with Crippen molar-refractivity contribution in [2.75, 3.05) is 11.9 Å². The highest BCUT2D eigenvalue weighted by molar-refractivity contribution is 9.12. The zero-order valence-corrected chi connectivity index (χ0v) is 9.55. The molecule has 12 heavy (non-hydrogen) atoms. The number of hydrogen-bond donors (Lipinski definition) is 0. The number of hydrogen-bond acceptors (Lipinski definition) is 2. The average Bonchev–Trinajstić information content (AvgIpc) is 2.41. The van der Waals surface area contributed by atoms with E-state index in [0.29, 0.717) is 11.2 Å². The molecule has 0 aromatic carbocycles. The van der Waals surface area contributed by atoms with E-state index in [-0.39, 0.29) is 18.2 Å². The number of alkyl halides is 2. The van der Waals surface area contributed by atoms with Gasteiger partial charge in [0.2, 0.25) is 5.91 Å². The molecule has 0 spiro atoms. The van der Waals surface area contributed by atoms with Crippen LogP contribution in [-0.4, -0.2) is 39.8 Å². The summed E-state index contributed by atoms with van der Waals surface area (Å²) in [6.45, 7) is 0.741. The lowest BCUT2D eigenvalue weighted by Crippen LogP contribution is -2.48. The van der Waals surface area contributed by atoms with Crippen LogP contribution in [0.1, 0.15) is 6.42 Å². The van der Waals surface area contributed by atoms with E-state index in [1.165, 1.54) is 0 Å². The van der Waals surface area contributed by atoms with Gasteiger partial charge in [-0.3, -0.25) is 4.79 Å². The third-order valence-electron chi connectivity index (χ3n) is 2.28. The van der Waals surface area contributed by atoms with Crippen molar-refractivity contribution in [2.24, 2.45) is 0 Å². The van der Waals surface area contributed by atoms with Gasteiger partial charge in [-0.05, 0) is 0 Å². The summed E-state index contributed by atoms with van der Waals surface area (Å²) in [5.74, 6) is 0.219. The maximum Gasteiger partial charge on any atom is 0.229 e. The first-order valence-corrected chi connectivity index (χ1v) is 5.91. The Kier molecular flexibility index (Phi) is 2.44. The number of amides is 1. The summed E-state index contributed by atoms with van der Waals surface area (Å²) in [5.41, 5.74) is 0. The molecule has 2 heterocycles. The van der Waals surface area contributed by atoms with Crippen molar-refractivity contribution in [3.05, 3.63) is 0 Å². The number of carbonyl (C=O) groups is 1. The smallest absolute Gasteiger partial charge is 0.229 e. The van der Waals surface area contributed by atoms with E-state index in [4.69, 9.17) is 4.74 Å². The van der Waals surface area contributed by atoms with Crippen molar-refractivity contribution in [3.8, 4) is 0 Å². The molecule has 3 unspecified atom stereocenters. The Morgan fingerprint density at radius 3 is 3.00 bits per heavy atom. The zero-order valence-electron chi connectivity index (χ0n) is 6.37. The van der Waals surface area contributed by atoms with Crippen LogP contribution in [-0.2, 0) is 9.53 Å². The molecular weight excluding hydrogens is 290 g/mol. The summed E-state index contributed by atoms with van der Waals surface area (Å²) in [5, 5.41) is 0.854. The lowest BCUT2D eigenvalue weighted by Gasteiger charge is -2.31. The second-order valence-electron chi connectivity index (χ2n) is 3.05. The summed E-state index contributed by atoms with van der Waals surface area (Å²) >= 11 is 6.87. The van der Waals surface area contributed by atoms with Gasteiger partial charge in [-0.2, -0.15) is 0 Å². The molecular formula is C7H9Br2NO2. The van der Waals surface area contributed by atoms with Gasteiger partial charge in [0, 0.05) is 5.33 Å². The van der Waals surface area contributed by atoms with Crippen LogP contribution in [0.2, 0.25) is 0 Å². The number of fused-ring (bicyclic) bond motifs is 1. The van der Waals surface area contributed by atoms with Gasteiger partial charge in [0.15, 0.2) is 0 Å². The molecule has 1 amide bonds. The van der Waals surface area contributed by atoms with Gasteiger partial charge >= 0.3 is 0 Å². The minimum atomic E-state index is 0.0709. The van der Waals surface area contributed by atoms with Crippen LogP contribution in [0, 0.1) is 0 Å². The minimum absolute atomic E-state index is 0.0709. The number of β-lactam (4-membered cyclic amide) rings is 1. The zero-order chi connectivity index (χ0) is 8.72. The molecule has 0 bridgehead atoms. The van der Waals surface area contributed by atoms with Crippen LogP contribution in [0.15, 0.2) is 0 Å². The highest BCUT2D eigenvalue weighted by Gasteiger charge is 2.46. The van der Waals surface area contributed by atoms with Crippen LogP contribution in [0.5, 0.6) is 0 Å². The highest BCUT2D eigenvalue weighted by atomic mass is 79.9. The van der Waals surface area contributed by atoms with Gasteiger partial charge in [-0.1, -0.05) is 31.9 Å². The first-order chi connectivity index (χ1) is 5.72. The van der Waals surface area contributed by atoms with Gasteiger partial charge in [0.1, 0.15) is 6.23 Å². The van der Waals surface area contributed by atoms with Gasteiger partial charge in [0.05, 0.1) is 23.9 Å². The highest BCUT2D eigenvalue weighted by Crippen LogP contribution is 2.31. The summed E-state index contributed by atoms with van der Waals surface area (Å²) in [7, 11) is 0. The lowest BCUT2D eigenvalue weighted by molar-refractivity contribution is -0.156. The predicted molar refractivity (Wildman–Crippen MR) is 51.5 cm³/mol. The van der Waals surface area contributed by atoms with Crippen molar-refractivity contribution in [1.29, 1.82) is 0 Å². The van der Waals surface area contributed by atoms with Gasteiger partial charge in [0.25, 0.3) is 0 Å². The van der Waals surface area contributed by atoms with E-state index in [0.717, 1.165) is 11.9 Å². The third kappa shape index (κ3) is 1.32. The number of ether oxygens (including phenoxy) is 1. The molecule has 0 aromatic rings. The fraction of sp³-hybridized carbons (Fsp3) is 0.857. The second-order valence-corrected chi connectivity index (χ2v) is 4.87. The summed E-state index contributed by atoms with van der Waals surface area (Å²) in [6, 6.07) is 0. The van der Waals surface area contributed by atoms with Gasteiger partial charge in [-0.25, -0.2) is 0 Å². The molecule has 0 radical (unpaired) electrons. The quantitative estimate of drug-likeness (QED) is 0.564. The Hall–Kier alpha value is 0.390. The molecule has 2 aliphatic heterocycles. The maximum absolute atomic E-state index is 11.0. The Labute approximate surface area is 87.7 Å². The Bertz CT molecular complexity index is 212. The SMILES string of the molecule is O=C1CC2OC(C(Br)CBr)CN12. The van der Waals surface area contributed by atoms with Crippen molar-refractivity contribution >= 4 is 37.8 Å². The molecule has 0 aromatic heterocycles. The molecule has 0 aliphatic carbocycles. The van der Waals surface area contributed by atoms with Crippen LogP contribution in [0.3, 0.4) is 0 Å². The monoisotopic (exact) mass is 297 g/mol. The van der Waals surface area contributed by atoms with Crippen molar-refractivity contribution < 1.29 is 9.53 Å². The molecule has 5 heteroatoms. The number of rotatable bonds is 2. The van der Waals surface area contributed by atoms with Crippen molar-refractivity contribution in [1.82, 2.24) is 4.90 Å². The van der Waals surface area contributed by atoms with Crippen LogP contribution >= 0.6 is 31.9 Å². The minimum Gasteiger partial charge on any atom is -0.351 e. The summed E-state index contributed by atoms with van der Waals surface area (Å²) in [6.07, 6.45) is 0.792. The molecule has 3 nitrogen and oxygen atoms in total. The fourth-order valence-corrected chi connectivity index (χ4v) is 2.21. The molecule has 2 saturated heterocycles. The number of carbonyl (C=O) groups excluding carboxylic acids is 1. The molecule has 0 saturated carbocycles. The topological polar surface area (TPSA) is 29.5 Å². The van der Waals surface area contributed by atoms with E-state index in [9.17, 15) is 4.79 Å². The van der Waals surface area contributed by atoms with Crippen molar-refractivity contribution in [3.63, 3.8) is 0 Å². The molecule has 0 N–H and O–H groups in total. The predicted octanol–water partition coefficient (Wildman–Crippen LogP) is 1.10. The van der Waals surface area contributed by atoms with Crippen LogP contribution in [0.4, 0.5) is 0 Å². The maximum atomic E-state index is 11.0. The van der Waals surface area contributed by atoms with Gasteiger partial charge < -0.3 is 9.64 Å². The van der Waals surface area contributed by atoms with Crippen LogP contribution in [0.25, 0.3) is 0 Å². The summed E-state index contributed by atoms with van der Waals surface area (Å²) < 4.78 is 5.61. The third-order valence-corrected chi connectivity index (χ3v) is 4.76. The molecule has 68 valence electrons.